The quantitative estimate of drug-likeness (QED) is 0.0824. The summed E-state index contributed by atoms with van der Waals surface area (Å²) in [4.78, 5) is 0. The predicted molar refractivity (Wildman–Crippen MR) is 181 cm³/mol. The van der Waals surface area contributed by atoms with Crippen LogP contribution in [0.5, 0.6) is 11.5 Å². The number of thiocarbonyl (C=S) groups is 2. The third-order valence-corrected chi connectivity index (χ3v) is 5.58. The van der Waals surface area contributed by atoms with Gasteiger partial charge in [-0.1, -0.05) is 36.4 Å². The fourth-order valence-electron chi connectivity index (χ4n) is 3.19. The third-order valence-electron chi connectivity index (χ3n) is 5.21. The Balaban J connectivity index is 0.000000248. The minimum absolute atomic E-state index is 0. The minimum Gasteiger partial charge on any atom is -0.493 e. The summed E-state index contributed by atoms with van der Waals surface area (Å²) in [7, 11) is 0. The molecule has 0 aliphatic rings. The van der Waals surface area contributed by atoms with Gasteiger partial charge in [-0.15, -0.1) is 36.4 Å². The van der Waals surface area contributed by atoms with E-state index in [0.29, 0.717) is 11.4 Å². The molecule has 0 atom stereocenters. The van der Waals surface area contributed by atoms with Gasteiger partial charge >= 0.3 is 21.7 Å². The smallest absolute Gasteiger partial charge is 0.493 e. The van der Waals surface area contributed by atoms with Gasteiger partial charge < -0.3 is 20.1 Å². The fourth-order valence-corrected chi connectivity index (χ4v) is 3.60. The van der Waals surface area contributed by atoms with Crippen molar-refractivity contribution in [1.82, 2.24) is 0 Å². The number of nitrogens with one attached hydrogen (secondary N) is 2. The molecule has 6 aromatic rings. The van der Waals surface area contributed by atoms with E-state index in [1.54, 1.807) is 24.3 Å². The second-order valence-corrected chi connectivity index (χ2v) is 9.40. The van der Waals surface area contributed by atoms with Crippen LogP contribution >= 0.6 is 24.4 Å². The Morgan fingerprint density at radius 1 is 0.511 bits per heavy atom. The molecule has 0 bridgehead atoms. The molecule has 0 aliphatic heterocycles. The molecule has 2 N–H and O–H groups in total. The number of para-hydroxylation sites is 2. The van der Waals surface area contributed by atoms with Gasteiger partial charge in [0.25, 0.3) is 10.3 Å². The molecule has 0 saturated carbocycles. The van der Waals surface area contributed by atoms with Crippen molar-refractivity contribution in [2.75, 3.05) is 10.6 Å². The summed E-state index contributed by atoms with van der Waals surface area (Å²) in [5.74, 6) is -3.78. The van der Waals surface area contributed by atoms with Crippen molar-refractivity contribution in [3.63, 3.8) is 0 Å². The van der Waals surface area contributed by atoms with Crippen LogP contribution in [0.1, 0.15) is 0 Å². The Labute approximate surface area is 296 Å². The number of hydrogen-bond donors (Lipinski definition) is 2. The normalized spacial score (nSPS) is 9.28. The zero-order valence-corrected chi connectivity index (χ0v) is 27.7. The molecule has 4 nitrogen and oxygen atoms in total. The minimum atomic E-state index is -0.924. The maximum atomic E-state index is 13.2. The fraction of sp³-hybridized carbons (Fsp3) is 0. The Morgan fingerprint density at radius 3 is 1.13 bits per heavy atom. The molecule has 6 aromatic carbocycles. The molecule has 0 unspecified atom stereocenters. The van der Waals surface area contributed by atoms with E-state index in [1.165, 1.54) is 0 Å². The maximum absolute atomic E-state index is 13.2. The SMILES string of the molecule is Fc1[c-]c(F)c(OC(=S)Nc2ccccc2)cc1.Fc1[c-]c(F)c(OC(=S)Nc2ccccc2)cc1.[Ti+4].c1cc[cH-]c1.c1cc[cH-]c1. The van der Waals surface area contributed by atoms with Crippen LogP contribution < -0.4 is 20.1 Å². The first-order chi connectivity index (χ1) is 22.3. The number of hydrogen-bond acceptors (Lipinski definition) is 4. The molecule has 6 rings (SSSR count). The molecule has 0 fully saturated rings. The van der Waals surface area contributed by atoms with E-state index in [-0.39, 0.29) is 43.6 Å². The van der Waals surface area contributed by atoms with Gasteiger partial charge in [0.15, 0.2) is 0 Å². The van der Waals surface area contributed by atoms with E-state index < -0.39 is 23.3 Å². The molecule has 0 amide bonds. The van der Waals surface area contributed by atoms with Crippen LogP contribution in [-0.2, 0) is 21.7 Å². The van der Waals surface area contributed by atoms with Crippen molar-refractivity contribution in [3.8, 4) is 11.5 Å². The van der Waals surface area contributed by atoms with E-state index in [0.717, 1.165) is 24.3 Å². The van der Waals surface area contributed by atoms with E-state index in [1.807, 2.05) is 109 Å². The molecular weight excluding hydrogens is 680 g/mol. The van der Waals surface area contributed by atoms with Crippen LogP contribution in [0.2, 0.25) is 0 Å². The predicted octanol–water partition coefficient (Wildman–Crippen LogP) is 9.89. The van der Waals surface area contributed by atoms with Gasteiger partial charge in [0.1, 0.15) is 0 Å². The largest absolute Gasteiger partial charge is 4.00 e. The van der Waals surface area contributed by atoms with E-state index in [4.69, 9.17) is 33.9 Å². The molecule has 0 aromatic heterocycles. The summed E-state index contributed by atoms with van der Waals surface area (Å²) >= 11 is 9.81. The second kappa shape index (κ2) is 22.0. The third kappa shape index (κ3) is 16.0. The van der Waals surface area contributed by atoms with Crippen LogP contribution in [0, 0.1) is 35.4 Å². The van der Waals surface area contributed by atoms with Gasteiger partial charge in [-0.25, -0.2) is 41.8 Å². The number of anilines is 2. The molecule has 0 saturated heterocycles. The number of ether oxygens (including phenoxy) is 2. The van der Waals surface area contributed by atoms with Crippen LogP contribution in [0.4, 0.5) is 28.9 Å². The van der Waals surface area contributed by atoms with E-state index >= 15 is 0 Å². The van der Waals surface area contributed by atoms with Crippen molar-refractivity contribution in [2.45, 2.75) is 0 Å². The van der Waals surface area contributed by atoms with Crippen LogP contribution in [0.3, 0.4) is 0 Å². The number of benzene rings is 4. The van der Waals surface area contributed by atoms with Crippen LogP contribution in [0.15, 0.2) is 146 Å². The molecular formula is C36H26F4N2O2S2Ti. The maximum Gasteiger partial charge on any atom is 4.00 e. The summed E-state index contributed by atoms with van der Waals surface area (Å²) in [5.41, 5.74) is 1.43. The summed E-state index contributed by atoms with van der Waals surface area (Å²) in [5, 5.41) is 5.48. The Hall–Kier alpha value is -4.61. The zero-order chi connectivity index (χ0) is 33.0. The number of halogens is 4. The topological polar surface area (TPSA) is 42.5 Å². The Morgan fingerprint density at radius 2 is 0.851 bits per heavy atom. The first-order valence-corrected chi connectivity index (χ1v) is 14.3. The van der Waals surface area contributed by atoms with Gasteiger partial charge in [0, 0.05) is 23.0 Å². The van der Waals surface area contributed by atoms with Crippen molar-refractivity contribution in [2.24, 2.45) is 0 Å². The molecule has 0 radical (unpaired) electrons. The Kier molecular flexibility index (Phi) is 18.1. The first-order valence-electron chi connectivity index (χ1n) is 13.5. The van der Waals surface area contributed by atoms with Crippen LogP contribution in [0.25, 0.3) is 0 Å². The van der Waals surface area contributed by atoms with Gasteiger partial charge in [-0.05, 0) is 48.7 Å². The van der Waals surface area contributed by atoms with E-state index in [9.17, 15) is 17.6 Å². The van der Waals surface area contributed by atoms with Crippen molar-refractivity contribution in [1.29, 1.82) is 0 Å². The summed E-state index contributed by atoms with van der Waals surface area (Å²) in [6, 6.07) is 46.2. The summed E-state index contributed by atoms with van der Waals surface area (Å²) in [6.45, 7) is 0. The monoisotopic (exact) mass is 706 g/mol. The van der Waals surface area contributed by atoms with E-state index in [2.05, 4.69) is 10.6 Å². The van der Waals surface area contributed by atoms with Crippen molar-refractivity contribution >= 4 is 46.2 Å². The molecule has 0 aliphatic carbocycles. The average molecular weight is 707 g/mol. The van der Waals surface area contributed by atoms with Gasteiger partial charge in [0.05, 0.1) is 23.1 Å². The van der Waals surface area contributed by atoms with Crippen LogP contribution in [-0.4, -0.2) is 10.3 Å². The van der Waals surface area contributed by atoms with Crippen molar-refractivity contribution in [3.05, 3.63) is 181 Å². The number of rotatable bonds is 4. The molecule has 236 valence electrons. The molecule has 0 heterocycles. The van der Waals surface area contributed by atoms with Gasteiger partial charge in [0.2, 0.25) is 0 Å². The van der Waals surface area contributed by atoms with Crippen molar-refractivity contribution < 1.29 is 48.8 Å². The standard InChI is InChI=1S/2C13H8F2NOS.2C5H5.Ti/c2*14-9-6-7-12(11(15)8-9)17-13(18)16-10-4-2-1-3-5-10;2*1-2-4-5-3-1;/h2*1-7H,(H,16,18);2*1-5H;/q4*-1;+4. The molecule has 0 spiro atoms. The van der Waals surface area contributed by atoms with Gasteiger partial charge in [-0.3, -0.25) is 0 Å². The van der Waals surface area contributed by atoms with Gasteiger partial charge in [-0.2, -0.15) is 36.4 Å². The molecule has 47 heavy (non-hydrogen) atoms. The second-order valence-electron chi connectivity index (χ2n) is 8.65. The Bertz CT molecular complexity index is 1560. The summed E-state index contributed by atoms with van der Waals surface area (Å²) < 4.78 is 61.9. The average Bonchev–Trinajstić information content (AvgIpc) is 3.82. The zero-order valence-electron chi connectivity index (χ0n) is 24.5. The first kappa shape index (κ1) is 38.6. The summed E-state index contributed by atoms with van der Waals surface area (Å²) in [6.07, 6.45) is 0. The molecule has 11 heteroatoms.